The first-order valence-corrected chi connectivity index (χ1v) is 8.34. The third-order valence-electron chi connectivity index (χ3n) is 4.87. The van der Waals surface area contributed by atoms with Crippen LogP contribution in [-0.2, 0) is 11.2 Å². The fraction of sp³-hybridized carbons (Fsp3) is 0.684. The summed E-state index contributed by atoms with van der Waals surface area (Å²) in [6, 6.07) is 6.54. The summed E-state index contributed by atoms with van der Waals surface area (Å²) >= 11 is 0. The van der Waals surface area contributed by atoms with E-state index in [-0.39, 0.29) is 5.60 Å². The van der Waals surface area contributed by atoms with Crippen molar-refractivity contribution in [2.24, 2.45) is 5.92 Å². The predicted molar refractivity (Wildman–Crippen MR) is 87.6 cm³/mol. The molecule has 0 heterocycles. The van der Waals surface area contributed by atoms with Gasteiger partial charge in [-0.05, 0) is 57.9 Å². The summed E-state index contributed by atoms with van der Waals surface area (Å²) in [4.78, 5) is 0. The van der Waals surface area contributed by atoms with Crippen molar-refractivity contribution in [3.63, 3.8) is 0 Å². The molecule has 118 valence electrons. The molecule has 1 aliphatic carbocycles. The van der Waals surface area contributed by atoms with Crippen LogP contribution in [0.25, 0.3) is 0 Å². The van der Waals surface area contributed by atoms with Gasteiger partial charge in [-0.15, -0.1) is 0 Å². The normalized spacial score (nSPS) is 27.6. The maximum atomic E-state index is 10.9. The number of ether oxygens (including phenoxy) is 1. The Morgan fingerprint density at radius 1 is 1.19 bits per heavy atom. The van der Waals surface area contributed by atoms with E-state index < -0.39 is 6.10 Å². The Labute approximate surface area is 129 Å². The number of hydrogen-bond donors (Lipinski definition) is 1. The molecule has 2 rings (SSSR count). The Morgan fingerprint density at radius 2 is 1.76 bits per heavy atom. The zero-order valence-corrected chi connectivity index (χ0v) is 14.0. The van der Waals surface area contributed by atoms with Crippen LogP contribution in [-0.4, -0.2) is 23.4 Å². The maximum Gasteiger partial charge on any atom is 0.0943 e. The molecule has 1 aliphatic rings. The topological polar surface area (TPSA) is 29.5 Å². The lowest BCUT2D eigenvalue weighted by Crippen LogP contribution is -2.48. The van der Waals surface area contributed by atoms with Crippen LogP contribution in [0, 0.1) is 19.8 Å². The van der Waals surface area contributed by atoms with Crippen molar-refractivity contribution in [2.75, 3.05) is 6.61 Å². The highest BCUT2D eigenvalue weighted by atomic mass is 16.5. The summed E-state index contributed by atoms with van der Waals surface area (Å²) in [5, 5.41) is 10.9. The fourth-order valence-electron chi connectivity index (χ4n) is 3.71. The lowest BCUT2D eigenvalue weighted by atomic mass is 9.75. The van der Waals surface area contributed by atoms with E-state index >= 15 is 0 Å². The lowest BCUT2D eigenvalue weighted by molar-refractivity contribution is -0.143. The molecule has 0 aliphatic heterocycles. The number of aliphatic hydroxyl groups excluding tert-OH is 1. The Morgan fingerprint density at radius 3 is 2.29 bits per heavy atom. The number of rotatable bonds is 5. The molecule has 0 amide bonds. The summed E-state index contributed by atoms with van der Waals surface area (Å²) in [5.41, 5.74) is 3.41. The molecular formula is C19H30O2. The standard InChI is InChI=1S/C19H30O2/c1-5-21-19(8-6-14(2)7-9-19)18(20)13-17-11-15(3)10-16(4)12-17/h10-12,14,18,20H,5-9,13H2,1-4H3. The van der Waals surface area contributed by atoms with E-state index in [0.29, 0.717) is 13.0 Å². The minimum atomic E-state index is -0.411. The van der Waals surface area contributed by atoms with Crippen molar-refractivity contribution in [3.05, 3.63) is 34.9 Å². The highest BCUT2D eigenvalue weighted by molar-refractivity contribution is 5.29. The number of aliphatic hydroxyl groups is 1. The van der Waals surface area contributed by atoms with Gasteiger partial charge in [-0.25, -0.2) is 0 Å². The molecule has 21 heavy (non-hydrogen) atoms. The predicted octanol–water partition coefficient (Wildman–Crippen LogP) is 4.19. The van der Waals surface area contributed by atoms with Gasteiger partial charge in [-0.3, -0.25) is 0 Å². The van der Waals surface area contributed by atoms with E-state index in [4.69, 9.17) is 4.74 Å². The van der Waals surface area contributed by atoms with E-state index in [1.807, 2.05) is 6.92 Å². The minimum absolute atomic E-state index is 0.334. The average Bonchev–Trinajstić information content (AvgIpc) is 2.40. The van der Waals surface area contributed by atoms with Gasteiger partial charge in [0.25, 0.3) is 0 Å². The molecule has 0 saturated heterocycles. The Bertz CT molecular complexity index is 438. The first-order chi connectivity index (χ1) is 9.95. The van der Waals surface area contributed by atoms with Gasteiger partial charge in [-0.2, -0.15) is 0 Å². The summed E-state index contributed by atoms with van der Waals surface area (Å²) < 4.78 is 6.06. The lowest BCUT2D eigenvalue weighted by Gasteiger charge is -2.42. The summed E-state index contributed by atoms with van der Waals surface area (Å²) in [6.07, 6.45) is 4.55. The molecule has 1 unspecified atom stereocenters. The summed E-state index contributed by atoms with van der Waals surface area (Å²) in [6.45, 7) is 9.24. The van der Waals surface area contributed by atoms with Crippen molar-refractivity contribution in [1.82, 2.24) is 0 Å². The highest BCUT2D eigenvalue weighted by Gasteiger charge is 2.41. The van der Waals surface area contributed by atoms with Crippen LogP contribution in [0.4, 0.5) is 0 Å². The van der Waals surface area contributed by atoms with Gasteiger partial charge in [-0.1, -0.05) is 36.2 Å². The molecule has 2 heteroatoms. The highest BCUT2D eigenvalue weighted by Crippen LogP contribution is 2.38. The number of benzene rings is 1. The molecule has 1 fully saturated rings. The van der Waals surface area contributed by atoms with Gasteiger partial charge < -0.3 is 9.84 Å². The third-order valence-corrected chi connectivity index (χ3v) is 4.87. The molecule has 1 aromatic rings. The van der Waals surface area contributed by atoms with Crippen molar-refractivity contribution >= 4 is 0 Å². The molecule has 1 aromatic carbocycles. The second-order valence-electron chi connectivity index (χ2n) is 6.90. The van der Waals surface area contributed by atoms with Crippen molar-refractivity contribution in [1.29, 1.82) is 0 Å². The smallest absolute Gasteiger partial charge is 0.0943 e. The van der Waals surface area contributed by atoms with Gasteiger partial charge in [0, 0.05) is 13.0 Å². The van der Waals surface area contributed by atoms with Crippen LogP contribution in [0.5, 0.6) is 0 Å². The Hall–Kier alpha value is -0.860. The molecule has 0 spiro atoms. The second kappa shape index (κ2) is 6.93. The molecule has 1 atom stereocenters. The Kier molecular flexibility index (Phi) is 5.45. The quantitative estimate of drug-likeness (QED) is 0.881. The molecule has 0 aromatic heterocycles. The van der Waals surface area contributed by atoms with Gasteiger partial charge in [0.1, 0.15) is 0 Å². The first-order valence-electron chi connectivity index (χ1n) is 8.34. The van der Waals surface area contributed by atoms with Crippen molar-refractivity contribution in [2.45, 2.75) is 71.5 Å². The van der Waals surface area contributed by atoms with Gasteiger partial charge in [0.2, 0.25) is 0 Å². The van der Waals surface area contributed by atoms with E-state index in [0.717, 1.165) is 31.6 Å². The van der Waals surface area contributed by atoms with Crippen LogP contribution in [0.1, 0.15) is 56.2 Å². The van der Waals surface area contributed by atoms with E-state index in [1.54, 1.807) is 0 Å². The largest absolute Gasteiger partial charge is 0.390 e. The zero-order chi connectivity index (χ0) is 15.5. The van der Waals surface area contributed by atoms with Gasteiger partial charge >= 0.3 is 0 Å². The van der Waals surface area contributed by atoms with Crippen molar-refractivity contribution < 1.29 is 9.84 Å². The fourth-order valence-corrected chi connectivity index (χ4v) is 3.71. The van der Waals surface area contributed by atoms with Crippen LogP contribution < -0.4 is 0 Å². The van der Waals surface area contributed by atoms with Gasteiger partial charge in [0.15, 0.2) is 0 Å². The summed E-state index contributed by atoms with van der Waals surface area (Å²) in [7, 11) is 0. The third kappa shape index (κ3) is 4.08. The van der Waals surface area contributed by atoms with Crippen LogP contribution in [0.2, 0.25) is 0 Å². The minimum Gasteiger partial charge on any atom is -0.390 e. The monoisotopic (exact) mass is 290 g/mol. The second-order valence-corrected chi connectivity index (χ2v) is 6.90. The number of aryl methyl sites for hydroxylation is 2. The zero-order valence-electron chi connectivity index (χ0n) is 14.0. The average molecular weight is 290 g/mol. The summed E-state index contributed by atoms with van der Waals surface area (Å²) in [5.74, 6) is 0.756. The maximum absolute atomic E-state index is 10.9. The molecule has 1 N–H and O–H groups in total. The molecule has 1 saturated carbocycles. The number of hydrogen-bond acceptors (Lipinski definition) is 2. The molecule has 2 nitrogen and oxygen atoms in total. The van der Waals surface area contributed by atoms with Crippen LogP contribution in [0.3, 0.4) is 0 Å². The SMILES string of the molecule is CCOC1(C(O)Cc2cc(C)cc(C)c2)CCC(C)CC1. The van der Waals surface area contributed by atoms with Crippen molar-refractivity contribution in [3.8, 4) is 0 Å². The molecular weight excluding hydrogens is 260 g/mol. The van der Waals surface area contributed by atoms with E-state index in [2.05, 4.69) is 39.0 Å². The van der Waals surface area contributed by atoms with Crippen LogP contribution >= 0.6 is 0 Å². The molecule has 0 bridgehead atoms. The first kappa shape index (κ1) is 16.5. The van der Waals surface area contributed by atoms with E-state index in [9.17, 15) is 5.11 Å². The molecule has 0 radical (unpaired) electrons. The van der Waals surface area contributed by atoms with Gasteiger partial charge in [0.05, 0.1) is 11.7 Å². The Balaban J connectivity index is 2.13. The van der Waals surface area contributed by atoms with Crippen LogP contribution in [0.15, 0.2) is 18.2 Å². The van der Waals surface area contributed by atoms with E-state index in [1.165, 1.54) is 16.7 Å².